The van der Waals surface area contributed by atoms with E-state index in [4.69, 9.17) is 4.74 Å². The maximum absolute atomic E-state index is 11.9. The Labute approximate surface area is 133 Å². The average molecular weight is 306 g/mol. The number of hydrogen-bond donors (Lipinski definition) is 1. The molecule has 0 radical (unpaired) electrons. The van der Waals surface area contributed by atoms with Crippen molar-refractivity contribution in [1.82, 2.24) is 9.97 Å². The third-order valence-electron chi connectivity index (χ3n) is 3.41. The first-order chi connectivity index (χ1) is 11.2. The molecule has 0 saturated carbocycles. The summed E-state index contributed by atoms with van der Waals surface area (Å²) in [6.45, 7) is 0. The number of nitrogens with zero attached hydrogens (tertiary/aromatic N) is 2. The number of benzene rings is 1. The summed E-state index contributed by atoms with van der Waals surface area (Å²) in [6, 6.07) is 13.8. The molecule has 1 N–H and O–H groups in total. The summed E-state index contributed by atoms with van der Waals surface area (Å²) in [4.78, 5) is 20.4. The lowest BCUT2D eigenvalue weighted by Gasteiger charge is -2.12. The first kappa shape index (κ1) is 14.7. The highest BCUT2D eigenvalue weighted by Crippen LogP contribution is 2.37. The van der Waals surface area contributed by atoms with Gasteiger partial charge in [0.2, 0.25) is 0 Å². The van der Waals surface area contributed by atoms with Crippen LogP contribution in [0.3, 0.4) is 0 Å². The summed E-state index contributed by atoms with van der Waals surface area (Å²) in [5.41, 5.74) is 2.36. The van der Waals surface area contributed by atoms with Crippen molar-refractivity contribution in [3.05, 3.63) is 66.5 Å². The zero-order chi connectivity index (χ0) is 16.2. The second-order valence-electron chi connectivity index (χ2n) is 4.84. The maximum Gasteiger partial charge on any atom is 0.337 e. The van der Waals surface area contributed by atoms with E-state index in [2.05, 4.69) is 9.97 Å². The number of phenolic OH excluding ortho intramolecular Hbond substituents is 1. The van der Waals surface area contributed by atoms with E-state index in [1.165, 1.54) is 7.11 Å². The Hall–Kier alpha value is -3.21. The molecule has 0 aliphatic carbocycles. The Bertz CT molecular complexity index is 773. The van der Waals surface area contributed by atoms with Crippen LogP contribution < -0.4 is 0 Å². The summed E-state index contributed by atoms with van der Waals surface area (Å²) in [6.07, 6.45) is 3.25. The molecule has 5 nitrogen and oxygen atoms in total. The summed E-state index contributed by atoms with van der Waals surface area (Å²) in [5, 5.41) is 10.6. The van der Waals surface area contributed by atoms with Gasteiger partial charge in [0.15, 0.2) is 0 Å². The molecule has 0 atom stereocenters. The van der Waals surface area contributed by atoms with Crippen LogP contribution in [0.1, 0.15) is 10.4 Å². The fraction of sp³-hybridized carbons (Fsp3) is 0.0556. The van der Waals surface area contributed by atoms with E-state index in [-0.39, 0.29) is 5.75 Å². The molecule has 3 aromatic rings. The molecule has 3 rings (SSSR count). The van der Waals surface area contributed by atoms with Crippen LogP contribution in [0.5, 0.6) is 5.75 Å². The van der Waals surface area contributed by atoms with Gasteiger partial charge in [0.25, 0.3) is 0 Å². The van der Waals surface area contributed by atoms with Crippen LogP contribution in [-0.4, -0.2) is 28.2 Å². The lowest BCUT2D eigenvalue weighted by Crippen LogP contribution is -2.02. The number of phenols is 1. The molecule has 0 aliphatic rings. The number of carbonyl (C=O) groups is 1. The largest absolute Gasteiger partial charge is 0.507 e. The van der Waals surface area contributed by atoms with Gasteiger partial charge in [0.05, 0.1) is 24.1 Å². The Kier molecular flexibility index (Phi) is 4.01. The molecule has 0 amide bonds. The summed E-state index contributed by atoms with van der Waals surface area (Å²) in [7, 11) is 1.32. The van der Waals surface area contributed by atoms with E-state index in [1.54, 1.807) is 48.8 Å². The van der Waals surface area contributed by atoms with Gasteiger partial charge in [-0.1, -0.05) is 12.1 Å². The fourth-order valence-corrected chi connectivity index (χ4v) is 2.30. The highest BCUT2D eigenvalue weighted by molar-refractivity contribution is 5.95. The van der Waals surface area contributed by atoms with Crippen LogP contribution in [0.15, 0.2) is 60.9 Å². The average Bonchev–Trinajstić information content (AvgIpc) is 2.62. The van der Waals surface area contributed by atoms with Gasteiger partial charge in [-0.2, -0.15) is 0 Å². The molecule has 0 spiro atoms. The summed E-state index contributed by atoms with van der Waals surface area (Å²) < 4.78 is 4.80. The van der Waals surface area contributed by atoms with Crippen molar-refractivity contribution in [1.29, 1.82) is 0 Å². The molecule has 0 fully saturated rings. The lowest BCUT2D eigenvalue weighted by atomic mass is 9.99. The Morgan fingerprint density at radius 1 is 0.957 bits per heavy atom. The maximum atomic E-state index is 11.9. The van der Waals surface area contributed by atoms with Crippen LogP contribution in [0.25, 0.3) is 22.5 Å². The van der Waals surface area contributed by atoms with Crippen molar-refractivity contribution in [2.45, 2.75) is 0 Å². The Balaban J connectivity index is 2.26. The predicted molar refractivity (Wildman–Crippen MR) is 85.9 cm³/mol. The quantitative estimate of drug-likeness (QED) is 0.752. The van der Waals surface area contributed by atoms with Gasteiger partial charge in [-0.05, 0) is 36.4 Å². The molecule has 0 saturated heterocycles. The summed E-state index contributed by atoms with van der Waals surface area (Å²) in [5.74, 6) is -0.464. The molecule has 0 bridgehead atoms. The van der Waals surface area contributed by atoms with Crippen molar-refractivity contribution in [3.8, 4) is 28.3 Å². The minimum absolute atomic E-state index is 0.0232. The molecule has 0 aliphatic heterocycles. The van der Waals surface area contributed by atoms with Crippen LogP contribution >= 0.6 is 0 Å². The normalized spacial score (nSPS) is 10.3. The first-order valence-corrected chi connectivity index (χ1v) is 6.99. The number of aromatic nitrogens is 2. The second kappa shape index (κ2) is 6.27. The van der Waals surface area contributed by atoms with Crippen molar-refractivity contribution in [3.63, 3.8) is 0 Å². The van der Waals surface area contributed by atoms with Gasteiger partial charge in [-0.3, -0.25) is 9.97 Å². The van der Waals surface area contributed by atoms with E-state index >= 15 is 0 Å². The number of rotatable bonds is 3. The number of carbonyl (C=O) groups excluding carboxylic acids is 1. The van der Waals surface area contributed by atoms with E-state index in [9.17, 15) is 9.90 Å². The zero-order valence-electron chi connectivity index (χ0n) is 12.4. The van der Waals surface area contributed by atoms with E-state index in [0.717, 1.165) is 0 Å². The standard InChI is InChI=1S/C18H14N2O3/c1-23-18(22)12-10-13(15-6-2-4-8-19-15)17(21)14(11-12)16-7-3-5-9-20-16/h2-11,21H,1H3. The highest BCUT2D eigenvalue weighted by atomic mass is 16.5. The summed E-state index contributed by atoms with van der Waals surface area (Å²) >= 11 is 0. The van der Waals surface area contributed by atoms with Crippen LogP contribution in [0, 0.1) is 0 Å². The van der Waals surface area contributed by atoms with Gasteiger partial charge in [0, 0.05) is 23.5 Å². The molecular formula is C18H14N2O3. The van der Waals surface area contributed by atoms with Gasteiger partial charge in [0.1, 0.15) is 5.75 Å². The van der Waals surface area contributed by atoms with Gasteiger partial charge < -0.3 is 9.84 Å². The van der Waals surface area contributed by atoms with Gasteiger partial charge in [-0.25, -0.2) is 4.79 Å². The van der Waals surface area contributed by atoms with Crippen molar-refractivity contribution in [2.24, 2.45) is 0 Å². The molecule has 5 heteroatoms. The number of ether oxygens (including phenoxy) is 1. The first-order valence-electron chi connectivity index (χ1n) is 6.99. The third kappa shape index (κ3) is 2.89. The van der Waals surface area contributed by atoms with Crippen molar-refractivity contribution < 1.29 is 14.6 Å². The van der Waals surface area contributed by atoms with Crippen LogP contribution in [-0.2, 0) is 4.74 Å². The predicted octanol–water partition coefficient (Wildman–Crippen LogP) is 3.30. The number of esters is 1. The molecule has 114 valence electrons. The van der Waals surface area contributed by atoms with Gasteiger partial charge >= 0.3 is 5.97 Å². The highest BCUT2D eigenvalue weighted by Gasteiger charge is 2.18. The second-order valence-corrected chi connectivity index (χ2v) is 4.84. The molecule has 2 heterocycles. The Morgan fingerprint density at radius 3 is 1.87 bits per heavy atom. The lowest BCUT2D eigenvalue weighted by molar-refractivity contribution is 0.0601. The minimum Gasteiger partial charge on any atom is -0.507 e. The number of hydrogen-bond acceptors (Lipinski definition) is 5. The van der Waals surface area contributed by atoms with Crippen LogP contribution in [0.2, 0.25) is 0 Å². The smallest absolute Gasteiger partial charge is 0.337 e. The van der Waals surface area contributed by atoms with Crippen LogP contribution in [0.4, 0.5) is 0 Å². The molecule has 2 aromatic heterocycles. The monoisotopic (exact) mass is 306 g/mol. The number of aromatic hydroxyl groups is 1. The molecular weight excluding hydrogens is 292 g/mol. The number of pyridine rings is 2. The Morgan fingerprint density at radius 2 is 1.48 bits per heavy atom. The van der Waals surface area contributed by atoms with E-state index in [1.807, 2.05) is 12.1 Å². The molecule has 23 heavy (non-hydrogen) atoms. The van der Waals surface area contributed by atoms with Gasteiger partial charge in [-0.15, -0.1) is 0 Å². The minimum atomic E-state index is -0.487. The van der Waals surface area contributed by atoms with Crippen molar-refractivity contribution in [2.75, 3.05) is 7.11 Å². The molecule has 0 unspecified atom stereocenters. The molecule has 1 aromatic carbocycles. The van der Waals surface area contributed by atoms with E-state index < -0.39 is 5.97 Å². The van der Waals surface area contributed by atoms with E-state index in [0.29, 0.717) is 28.1 Å². The topological polar surface area (TPSA) is 72.3 Å². The zero-order valence-corrected chi connectivity index (χ0v) is 12.4. The SMILES string of the molecule is COC(=O)c1cc(-c2ccccn2)c(O)c(-c2ccccn2)c1. The third-order valence-corrected chi connectivity index (χ3v) is 3.41. The van der Waals surface area contributed by atoms with Crippen molar-refractivity contribution >= 4 is 5.97 Å². The fourth-order valence-electron chi connectivity index (χ4n) is 2.30. The number of methoxy groups -OCH3 is 1.